The molecule has 0 aromatic rings. The van der Waals surface area contributed by atoms with Crippen LogP contribution in [0.25, 0.3) is 0 Å². The number of rotatable bonds is 16. The van der Waals surface area contributed by atoms with E-state index in [-0.39, 0.29) is 12.2 Å². The topological polar surface area (TPSA) is 54.4 Å². The fourth-order valence-electron chi connectivity index (χ4n) is 3.29. The maximum atomic E-state index is 12.6. The number of Topliss-reactive ketones (excluding diaryl/α,β-unsaturated/α-hetero) is 1. The van der Waals surface area contributed by atoms with Crippen molar-refractivity contribution < 1.29 is 14.7 Å². The average Bonchev–Trinajstić information content (AvgIpc) is 3.08. The molecule has 0 saturated heterocycles. The van der Waals surface area contributed by atoms with Crippen LogP contribution in [0.4, 0.5) is 0 Å². The number of aliphatic carboxylic acids is 1. The first-order chi connectivity index (χ1) is 12.5. The Morgan fingerprint density at radius 1 is 1.04 bits per heavy atom. The van der Waals surface area contributed by atoms with Gasteiger partial charge in [-0.3, -0.25) is 9.59 Å². The molecule has 1 aliphatic heterocycles. The van der Waals surface area contributed by atoms with Gasteiger partial charge in [0.05, 0.1) is 0 Å². The second-order valence-corrected chi connectivity index (χ2v) is 10.3. The molecule has 2 unspecified atom stereocenters. The predicted octanol–water partition coefficient (Wildman–Crippen LogP) is 6.81. The fourth-order valence-corrected chi connectivity index (χ4v) is 6.40. The highest BCUT2D eigenvalue weighted by molar-refractivity contribution is 8.21. The van der Waals surface area contributed by atoms with E-state index >= 15 is 0 Å². The number of allylic oxidation sites excluding steroid dienone is 1. The molecule has 150 valence electrons. The summed E-state index contributed by atoms with van der Waals surface area (Å²) < 4.78 is -0.599. The van der Waals surface area contributed by atoms with Crippen LogP contribution in [0, 0.1) is 0 Å². The van der Waals surface area contributed by atoms with E-state index in [2.05, 4.69) is 13.8 Å². The molecule has 0 saturated carbocycles. The van der Waals surface area contributed by atoms with Gasteiger partial charge in [0.25, 0.3) is 0 Å². The summed E-state index contributed by atoms with van der Waals surface area (Å²) in [7, 11) is 0. The van der Waals surface area contributed by atoms with Gasteiger partial charge in [-0.1, -0.05) is 77.7 Å². The van der Waals surface area contributed by atoms with Crippen molar-refractivity contribution in [2.75, 3.05) is 0 Å². The quantitative estimate of drug-likeness (QED) is 0.228. The SMILES string of the molecule is CCCCCCCCCC(CCCC)SC1(C(=O)CC(=O)O)CC=CS1. The zero-order valence-corrected chi connectivity index (χ0v) is 18.1. The third-order valence-corrected chi connectivity index (χ3v) is 8.10. The highest BCUT2D eigenvalue weighted by atomic mass is 32.2. The van der Waals surface area contributed by atoms with Gasteiger partial charge in [-0.2, -0.15) is 0 Å². The van der Waals surface area contributed by atoms with Gasteiger partial charge in [0.2, 0.25) is 0 Å². The molecule has 0 spiro atoms. The summed E-state index contributed by atoms with van der Waals surface area (Å²) in [6, 6.07) is 0. The number of thioether (sulfide) groups is 2. The molecular weight excluding hydrogens is 364 g/mol. The molecule has 1 rings (SSSR count). The monoisotopic (exact) mass is 400 g/mol. The van der Waals surface area contributed by atoms with E-state index in [4.69, 9.17) is 5.11 Å². The highest BCUT2D eigenvalue weighted by Crippen LogP contribution is 2.50. The number of carboxylic acids is 1. The summed E-state index contributed by atoms with van der Waals surface area (Å²) in [5, 5.41) is 11.5. The number of unbranched alkanes of at least 4 members (excludes halogenated alkanes) is 7. The van der Waals surface area contributed by atoms with Crippen LogP contribution in [-0.2, 0) is 9.59 Å². The molecule has 0 amide bonds. The third kappa shape index (κ3) is 8.98. The number of carbonyl (C=O) groups is 2. The summed E-state index contributed by atoms with van der Waals surface area (Å²) in [4.78, 5) is 23.6. The molecule has 0 aliphatic carbocycles. The number of ketones is 1. The predicted molar refractivity (Wildman–Crippen MR) is 115 cm³/mol. The second-order valence-electron chi connectivity index (χ2n) is 7.23. The van der Waals surface area contributed by atoms with E-state index in [0.29, 0.717) is 11.7 Å². The molecule has 5 heteroatoms. The average molecular weight is 401 g/mol. The molecule has 0 aromatic heterocycles. The van der Waals surface area contributed by atoms with Gasteiger partial charge in [0.1, 0.15) is 10.5 Å². The Morgan fingerprint density at radius 3 is 2.23 bits per heavy atom. The van der Waals surface area contributed by atoms with Crippen LogP contribution in [0.3, 0.4) is 0 Å². The lowest BCUT2D eigenvalue weighted by Crippen LogP contribution is -2.33. The van der Waals surface area contributed by atoms with Gasteiger partial charge < -0.3 is 5.11 Å². The van der Waals surface area contributed by atoms with Crippen LogP contribution in [0.2, 0.25) is 0 Å². The number of hydrogen-bond acceptors (Lipinski definition) is 4. The first-order valence-electron chi connectivity index (χ1n) is 10.3. The minimum atomic E-state index is -1.01. The summed E-state index contributed by atoms with van der Waals surface area (Å²) in [6.45, 7) is 4.44. The van der Waals surface area contributed by atoms with Crippen molar-refractivity contribution in [2.24, 2.45) is 0 Å². The molecule has 0 radical (unpaired) electrons. The Balaban J connectivity index is 2.52. The van der Waals surface area contributed by atoms with Crippen LogP contribution in [0.1, 0.15) is 97.3 Å². The molecule has 1 aliphatic rings. The Bertz CT molecular complexity index is 441. The van der Waals surface area contributed by atoms with E-state index in [1.807, 2.05) is 11.5 Å². The lowest BCUT2D eigenvalue weighted by molar-refractivity contribution is -0.140. The third-order valence-electron chi connectivity index (χ3n) is 4.84. The fraction of sp³-hybridized carbons (Fsp3) is 0.810. The van der Waals surface area contributed by atoms with Gasteiger partial charge in [0.15, 0.2) is 5.78 Å². The molecule has 1 N–H and O–H groups in total. The van der Waals surface area contributed by atoms with Gasteiger partial charge in [-0.25, -0.2) is 0 Å². The van der Waals surface area contributed by atoms with Crippen LogP contribution < -0.4 is 0 Å². The highest BCUT2D eigenvalue weighted by Gasteiger charge is 2.42. The van der Waals surface area contributed by atoms with Crippen LogP contribution in [0.15, 0.2) is 11.5 Å². The Labute approximate surface area is 168 Å². The molecular formula is C21H36O3S2. The van der Waals surface area contributed by atoms with Crippen molar-refractivity contribution in [1.29, 1.82) is 0 Å². The zero-order valence-electron chi connectivity index (χ0n) is 16.5. The largest absolute Gasteiger partial charge is 0.481 e. The van der Waals surface area contributed by atoms with Gasteiger partial charge >= 0.3 is 5.97 Å². The molecule has 0 aromatic carbocycles. The van der Waals surface area contributed by atoms with Crippen molar-refractivity contribution in [3.05, 3.63) is 11.5 Å². The summed E-state index contributed by atoms with van der Waals surface area (Å²) in [5.41, 5.74) is 0. The van der Waals surface area contributed by atoms with Crippen molar-refractivity contribution in [3.63, 3.8) is 0 Å². The first kappa shape index (κ1) is 23.6. The molecule has 1 heterocycles. The normalized spacial score (nSPS) is 20.4. The van der Waals surface area contributed by atoms with Crippen molar-refractivity contribution in [2.45, 2.75) is 107 Å². The summed E-state index contributed by atoms with van der Waals surface area (Å²) in [6.07, 6.45) is 16.0. The van der Waals surface area contributed by atoms with Crippen LogP contribution in [-0.4, -0.2) is 26.2 Å². The van der Waals surface area contributed by atoms with Gasteiger partial charge in [-0.15, -0.1) is 23.5 Å². The maximum absolute atomic E-state index is 12.6. The van der Waals surface area contributed by atoms with Gasteiger partial charge in [0, 0.05) is 5.25 Å². The van der Waals surface area contributed by atoms with E-state index in [1.54, 1.807) is 11.8 Å². The Hall–Kier alpha value is -0.420. The van der Waals surface area contributed by atoms with Crippen molar-refractivity contribution >= 4 is 35.3 Å². The van der Waals surface area contributed by atoms with Crippen molar-refractivity contribution in [1.82, 2.24) is 0 Å². The van der Waals surface area contributed by atoms with Crippen molar-refractivity contribution in [3.8, 4) is 0 Å². The van der Waals surface area contributed by atoms with E-state index in [9.17, 15) is 9.59 Å². The van der Waals surface area contributed by atoms with Gasteiger partial charge in [-0.05, 0) is 24.7 Å². The molecule has 0 bridgehead atoms. The number of carboxylic acid groups (broad SMARTS) is 1. The lowest BCUT2D eigenvalue weighted by Gasteiger charge is -2.30. The number of carbonyl (C=O) groups excluding carboxylic acids is 1. The maximum Gasteiger partial charge on any atom is 0.310 e. The molecule has 0 fully saturated rings. The number of hydrogen-bond donors (Lipinski definition) is 1. The standard InChI is InChI=1S/C21H36O3S2/c1-3-5-7-8-9-10-11-14-18(13-6-4-2)26-21(15-12-16-25-21)19(22)17-20(23)24/h12,16,18H,3-11,13-15,17H2,1-2H3,(H,23,24). The van der Waals surface area contributed by atoms with Crippen LogP contribution >= 0.6 is 23.5 Å². The first-order valence-corrected chi connectivity index (χ1v) is 12.1. The van der Waals surface area contributed by atoms with Crippen LogP contribution in [0.5, 0.6) is 0 Å². The lowest BCUT2D eigenvalue weighted by atomic mass is 10.1. The second kappa shape index (κ2) is 13.7. The Kier molecular flexibility index (Phi) is 12.4. The molecule has 2 atom stereocenters. The zero-order chi connectivity index (χ0) is 19.3. The Morgan fingerprint density at radius 2 is 1.65 bits per heavy atom. The minimum Gasteiger partial charge on any atom is -0.481 e. The smallest absolute Gasteiger partial charge is 0.310 e. The summed E-state index contributed by atoms with van der Waals surface area (Å²) in [5.74, 6) is -1.15. The van der Waals surface area contributed by atoms with E-state index in [1.165, 1.54) is 63.1 Å². The molecule has 3 nitrogen and oxygen atoms in total. The van der Waals surface area contributed by atoms with E-state index < -0.39 is 10.0 Å². The van der Waals surface area contributed by atoms with E-state index in [0.717, 1.165) is 19.3 Å². The minimum absolute atomic E-state index is 0.133. The molecule has 26 heavy (non-hydrogen) atoms. The summed E-state index contributed by atoms with van der Waals surface area (Å²) >= 11 is 3.27.